The van der Waals surface area contributed by atoms with Crippen LogP contribution in [-0.4, -0.2) is 11.2 Å². The van der Waals surface area contributed by atoms with E-state index in [4.69, 9.17) is 0 Å². The fourth-order valence-electron chi connectivity index (χ4n) is 8.60. The van der Waals surface area contributed by atoms with Gasteiger partial charge in [0, 0.05) is 0 Å². The third kappa shape index (κ3) is 3.66. The largest absolute Gasteiger partial charge is 0.393 e. The van der Waals surface area contributed by atoms with Gasteiger partial charge < -0.3 is 5.11 Å². The maximum atomic E-state index is 10.2. The van der Waals surface area contributed by atoms with Gasteiger partial charge in [0.2, 0.25) is 0 Å². The van der Waals surface area contributed by atoms with Gasteiger partial charge >= 0.3 is 0 Å². The lowest BCUT2D eigenvalue weighted by atomic mass is 9.47. The van der Waals surface area contributed by atoms with Gasteiger partial charge in [-0.1, -0.05) is 65.3 Å². The number of allylic oxidation sites excluding steroid dienone is 2. The minimum absolute atomic E-state index is 0.0886. The van der Waals surface area contributed by atoms with Crippen molar-refractivity contribution in [3.8, 4) is 0 Å². The standard InChI is InChI=1S/C29H48O/c1-19(8-9-20(2)27(3,4)5)24-12-13-25-23-11-10-21-18-22(30)14-16-28(21,6)26(23)15-17-29(24,25)7/h10,19,22-26,30H,2,8-9,11-18H2,1,3-7H3/t19?,22-,23-,24+,25-,26-,28-,29+/m0/s1. The molecule has 0 aromatic heterocycles. The smallest absolute Gasteiger partial charge is 0.0577 e. The summed E-state index contributed by atoms with van der Waals surface area (Å²) in [4.78, 5) is 0. The van der Waals surface area contributed by atoms with Crippen LogP contribution >= 0.6 is 0 Å². The lowest BCUT2D eigenvalue weighted by Crippen LogP contribution is -2.50. The second-order valence-corrected chi connectivity index (χ2v) is 13.3. The van der Waals surface area contributed by atoms with Crippen LogP contribution < -0.4 is 0 Å². The minimum Gasteiger partial charge on any atom is -0.393 e. The monoisotopic (exact) mass is 412 g/mol. The Morgan fingerprint density at radius 2 is 1.87 bits per heavy atom. The second kappa shape index (κ2) is 7.79. The van der Waals surface area contributed by atoms with Gasteiger partial charge in [-0.2, -0.15) is 0 Å². The molecule has 1 unspecified atom stereocenters. The van der Waals surface area contributed by atoms with Gasteiger partial charge in [-0.25, -0.2) is 0 Å². The van der Waals surface area contributed by atoms with E-state index in [1.807, 2.05) is 0 Å². The zero-order valence-corrected chi connectivity index (χ0v) is 20.8. The van der Waals surface area contributed by atoms with E-state index in [9.17, 15) is 5.11 Å². The first kappa shape index (κ1) is 22.6. The van der Waals surface area contributed by atoms with Gasteiger partial charge in [0.1, 0.15) is 0 Å². The molecule has 1 N–H and O–H groups in total. The molecule has 4 aliphatic rings. The Kier molecular flexibility index (Phi) is 5.87. The van der Waals surface area contributed by atoms with Crippen LogP contribution in [0.5, 0.6) is 0 Å². The Morgan fingerprint density at radius 3 is 2.57 bits per heavy atom. The Hall–Kier alpha value is -0.560. The molecule has 4 rings (SSSR count). The molecule has 30 heavy (non-hydrogen) atoms. The Labute approximate surface area is 186 Å². The molecule has 0 aromatic rings. The summed E-state index contributed by atoms with van der Waals surface area (Å²) in [6.07, 6.45) is 15.2. The van der Waals surface area contributed by atoms with Gasteiger partial charge in [-0.3, -0.25) is 0 Å². The van der Waals surface area contributed by atoms with Gasteiger partial charge in [0.15, 0.2) is 0 Å². The van der Waals surface area contributed by atoms with Crippen LogP contribution in [0, 0.1) is 45.8 Å². The number of hydrogen-bond donors (Lipinski definition) is 1. The highest BCUT2D eigenvalue weighted by molar-refractivity contribution is 5.25. The highest BCUT2D eigenvalue weighted by Crippen LogP contribution is 2.67. The maximum Gasteiger partial charge on any atom is 0.0577 e. The molecule has 0 amide bonds. The van der Waals surface area contributed by atoms with Crippen LogP contribution in [0.15, 0.2) is 23.8 Å². The zero-order valence-electron chi connectivity index (χ0n) is 20.8. The zero-order chi connectivity index (χ0) is 21.9. The van der Waals surface area contributed by atoms with E-state index in [1.165, 1.54) is 56.9 Å². The summed E-state index contributed by atoms with van der Waals surface area (Å²) in [5, 5.41) is 10.2. The number of hydrogen-bond acceptors (Lipinski definition) is 1. The summed E-state index contributed by atoms with van der Waals surface area (Å²) >= 11 is 0. The molecule has 0 radical (unpaired) electrons. The van der Waals surface area contributed by atoms with Crippen LogP contribution in [0.4, 0.5) is 0 Å². The molecule has 8 atom stereocenters. The fraction of sp³-hybridized carbons (Fsp3) is 0.862. The van der Waals surface area contributed by atoms with Crippen molar-refractivity contribution >= 4 is 0 Å². The molecule has 1 nitrogen and oxygen atoms in total. The minimum atomic E-state index is -0.0886. The number of aliphatic hydroxyl groups is 1. The summed E-state index contributed by atoms with van der Waals surface area (Å²) in [5.74, 6) is 4.36. The van der Waals surface area contributed by atoms with Crippen molar-refractivity contribution in [1.82, 2.24) is 0 Å². The predicted molar refractivity (Wildman–Crippen MR) is 128 cm³/mol. The molecule has 170 valence electrons. The first-order valence-electron chi connectivity index (χ1n) is 13.0. The van der Waals surface area contributed by atoms with Gasteiger partial charge in [-0.05, 0) is 110 Å². The average molecular weight is 413 g/mol. The molecule has 0 bridgehead atoms. The maximum absolute atomic E-state index is 10.2. The number of aliphatic hydroxyl groups excluding tert-OH is 1. The second-order valence-electron chi connectivity index (χ2n) is 13.3. The van der Waals surface area contributed by atoms with E-state index >= 15 is 0 Å². The van der Waals surface area contributed by atoms with Crippen molar-refractivity contribution in [3.05, 3.63) is 23.8 Å². The predicted octanol–water partition coefficient (Wildman–Crippen LogP) is 7.94. The lowest BCUT2D eigenvalue weighted by Gasteiger charge is -2.58. The molecule has 0 aromatic carbocycles. The van der Waals surface area contributed by atoms with Crippen molar-refractivity contribution in [1.29, 1.82) is 0 Å². The molecule has 0 aliphatic heterocycles. The normalized spacial score (nSPS) is 44.5. The van der Waals surface area contributed by atoms with Crippen molar-refractivity contribution in [2.24, 2.45) is 45.8 Å². The average Bonchev–Trinajstić information content (AvgIpc) is 3.03. The summed E-state index contributed by atoms with van der Waals surface area (Å²) in [5.41, 5.74) is 4.19. The Bertz CT molecular complexity index is 696. The highest BCUT2D eigenvalue weighted by atomic mass is 16.3. The molecule has 0 spiro atoms. The molecular formula is C29H48O. The molecule has 1 heteroatoms. The van der Waals surface area contributed by atoms with E-state index in [0.717, 1.165) is 42.4 Å². The van der Waals surface area contributed by atoms with Crippen molar-refractivity contribution < 1.29 is 5.11 Å². The summed E-state index contributed by atoms with van der Waals surface area (Å²) in [6.45, 7) is 19.1. The molecule has 0 saturated heterocycles. The third-order valence-corrected chi connectivity index (χ3v) is 10.8. The van der Waals surface area contributed by atoms with E-state index < -0.39 is 0 Å². The van der Waals surface area contributed by atoms with E-state index in [1.54, 1.807) is 5.57 Å². The third-order valence-electron chi connectivity index (χ3n) is 10.8. The van der Waals surface area contributed by atoms with Crippen LogP contribution in [0.2, 0.25) is 0 Å². The number of fused-ring (bicyclic) bond motifs is 5. The van der Waals surface area contributed by atoms with Gasteiger partial charge in [0.25, 0.3) is 0 Å². The molecular weight excluding hydrogens is 364 g/mol. The van der Waals surface area contributed by atoms with E-state index in [2.05, 4.69) is 54.2 Å². The highest BCUT2D eigenvalue weighted by Gasteiger charge is 2.59. The van der Waals surface area contributed by atoms with Crippen molar-refractivity contribution in [2.75, 3.05) is 0 Å². The SMILES string of the molecule is C=C(CCC(C)[C@H]1CC[C@H]2[C@@H]3CC=C4C[C@@H](O)CC[C@]4(C)[C@H]3CC[C@]12C)C(C)(C)C. The first-order chi connectivity index (χ1) is 14.0. The van der Waals surface area contributed by atoms with E-state index in [0.29, 0.717) is 10.8 Å². The topological polar surface area (TPSA) is 20.2 Å². The van der Waals surface area contributed by atoms with Crippen LogP contribution in [0.25, 0.3) is 0 Å². The van der Waals surface area contributed by atoms with Gasteiger partial charge in [0.05, 0.1) is 6.10 Å². The summed E-state index contributed by atoms with van der Waals surface area (Å²) < 4.78 is 0. The molecule has 3 fully saturated rings. The summed E-state index contributed by atoms with van der Waals surface area (Å²) in [6, 6.07) is 0. The van der Waals surface area contributed by atoms with E-state index in [-0.39, 0.29) is 11.5 Å². The Balaban J connectivity index is 1.48. The lowest BCUT2D eigenvalue weighted by molar-refractivity contribution is -0.0571. The fourth-order valence-corrected chi connectivity index (χ4v) is 8.60. The van der Waals surface area contributed by atoms with Crippen molar-refractivity contribution in [2.45, 2.75) is 112 Å². The molecule has 0 heterocycles. The quantitative estimate of drug-likeness (QED) is 0.464. The van der Waals surface area contributed by atoms with Crippen LogP contribution in [0.1, 0.15) is 106 Å². The Morgan fingerprint density at radius 1 is 1.13 bits per heavy atom. The van der Waals surface area contributed by atoms with Gasteiger partial charge in [-0.15, -0.1) is 0 Å². The number of rotatable bonds is 4. The summed E-state index contributed by atoms with van der Waals surface area (Å²) in [7, 11) is 0. The molecule has 4 aliphatic carbocycles. The van der Waals surface area contributed by atoms with Crippen molar-refractivity contribution in [3.63, 3.8) is 0 Å². The van der Waals surface area contributed by atoms with Crippen LogP contribution in [-0.2, 0) is 0 Å². The van der Waals surface area contributed by atoms with Crippen LogP contribution in [0.3, 0.4) is 0 Å². The first-order valence-corrected chi connectivity index (χ1v) is 13.0. The molecule has 3 saturated carbocycles.